The number of rotatable bonds is 6. The van der Waals surface area contributed by atoms with Crippen molar-refractivity contribution in [2.24, 2.45) is 0 Å². The molecule has 3 aromatic heterocycles. The van der Waals surface area contributed by atoms with Crippen molar-refractivity contribution in [1.29, 1.82) is 0 Å². The lowest BCUT2D eigenvalue weighted by atomic mass is 10.0. The van der Waals surface area contributed by atoms with Gasteiger partial charge in [0.1, 0.15) is 0 Å². The molecular weight excluding hydrogens is 406 g/mol. The summed E-state index contributed by atoms with van der Waals surface area (Å²) in [4.78, 5) is 33.8. The van der Waals surface area contributed by atoms with Crippen LogP contribution in [0.2, 0.25) is 0 Å². The van der Waals surface area contributed by atoms with Gasteiger partial charge in [-0.15, -0.1) is 29.3 Å². The first-order chi connectivity index (χ1) is 14.1. The molecule has 1 N–H and O–H groups in total. The second kappa shape index (κ2) is 8.34. The number of furan rings is 1. The van der Waals surface area contributed by atoms with Crippen LogP contribution in [0.3, 0.4) is 0 Å². The second-order valence-corrected chi connectivity index (χ2v) is 8.95. The van der Waals surface area contributed by atoms with Crippen LogP contribution >= 0.6 is 22.7 Å². The number of aryl methyl sites for hydroxylation is 3. The topological polar surface area (TPSA) is 75.4 Å². The van der Waals surface area contributed by atoms with Crippen molar-refractivity contribution in [2.75, 3.05) is 16.8 Å². The van der Waals surface area contributed by atoms with Crippen LogP contribution in [0.5, 0.6) is 0 Å². The van der Waals surface area contributed by atoms with E-state index in [0.29, 0.717) is 16.4 Å². The minimum Gasteiger partial charge on any atom is -0.459 e. The van der Waals surface area contributed by atoms with E-state index in [1.807, 2.05) is 6.92 Å². The molecule has 0 fully saturated rings. The smallest absolute Gasteiger partial charge is 0.291 e. The van der Waals surface area contributed by atoms with Gasteiger partial charge in [0.25, 0.3) is 11.8 Å². The van der Waals surface area contributed by atoms with Crippen molar-refractivity contribution in [3.63, 3.8) is 0 Å². The Morgan fingerprint density at radius 1 is 1.34 bits per heavy atom. The molecule has 0 unspecified atom stereocenters. The van der Waals surface area contributed by atoms with Gasteiger partial charge < -0.3 is 9.73 Å². The van der Waals surface area contributed by atoms with Crippen molar-refractivity contribution in [3.05, 3.63) is 63.9 Å². The standard InChI is InChI=1S/C21H21N3O3S2/c1-3-10-24(21-22-14-7-4-5-9-16(14)28-21)20(26)18-13(2)12-17(29-18)23-19(25)15-8-6-11-27-15/h3,6,8,11-12H,1,4-5,7,9-10H2,2H3,(H,23,25). The van der Waals surface area contributed by atoms with Gasteiger partial charge in [0.15, 0.2) is 10.9 Å². The largest absolute Gasteiger partial charge is 0.459 e. The maximum absolute atomic E-state index is 13.3. The summed E-state index contributed by atoms with van der Waals surface area (Å²) in [7, 11) is 0. The molecule has 0 aromatic carbocycles. The highest BCUT2D eigenvalue weighted by atomic mass is 32.1. The minimum atomic E-state index is -0.342. The number of thiazole rings is 1. The Kier molecular flexibility index (Phi) is 5.64. The zero-order valence-corrected chi connectivity index (χ0v) is 17.7. The Morgan fingerprint density at radius 3 is 2.90 bits per heavy atom. The van der Waals surface area contributed by atoms with Gasteiger partial charge in [-0.1, -0.05) is 6.08 Å². The summed E-state index contributed by atoms with van der Waals surface area (Å²) >= 11 is 2.85. The molecule has 2 amide bonds. The average Bonchev–Trinajstić information content (AvgIpc) is 3.45. The van der Waals surface area contributed by atoms with Crippen LogP contribution < -0.4 is 10.2 Å². The molecule has 4 rings (SSSR count). The molecule has 0 radical (unpaired) electrons. The van der Waals surface area contributed by atoms with E-state index in [-0.39, 0.29) is 17.6 Å². The number of fused-ring (bicyclic) bond motifs is 1. The van der Waals surface area contributed by atoms with Crippen molar-refractivity contribution < 1.29 is 14.0 Å². The summed E-state index contributed by atoms with van der Waals surface area (Å²) < 4.78 is 5.12. The fraction of sp³-hybridized carbons (Fsp3) is 0.286. The van der Waals surface area contributed by atoms with Crippen LogP contribution in [0.4, 0.5) is 10.1 Å². The summed E-state index contributed by atoms with van der Waals surface area (Å²) in [6, 6.07) is 5.06. The van der Waals surface area contributed by atoms with Crippen LogP contribution in [-0.4, -0.2) is 23.3 Å². The van der Waals surface area contributed by atoms with Gasteiger partial charge in [0, 0.05) is 11.4 Å². The molecule has 3 aromatic rings. The summed E-state index contributed by atoms with van der Waals surface area (Å²) in [5.74, 6) is -0.242. The number of amides is 2. The van der Waals surface area contributed by atoms with E-state index < -0.39 is 0 Å². The molecule has 0 bridgehead atoms. The maximum atomic E-state index is 13.3. The summed E-state index contributed by atoms with van der Waals surface area (Å²) in [6.45, 7) is 6.05. The van der Waals surface area contributed by atoms with E-state index in [1.165, 1.54) is 28.9 Å². The monoisotopic (exact) mass is 427 g/mol. The third-order valence-electron chi connectivity index (χ3n) is 4.72. The summed E-state index contributed by atoms with van der Waals surface area (Å²) in [5.41, 5.74) is 1.93. The Bertz CT molecular complexity index is 1030. The van der Waals surface area contributed by atoms with Crippen LogP contribution in [0, 0.1) is 6.92 Å². The van der Waals surface area contributed by atoms with Crippen LogP contribution in [0.25, 0.3) is 0 Å². The van der Waals surface area contributed by atoms with Gasteiger partial charge >= 0.3 is 0 Å². The molecule has 150 valence electrons. The Balaban J connectivity index is 1.58. The lowest BCUT2D eigenvalue weighted by Crippen LogP contribution is -2.30. The number of nitrogens with one attached hydrogen (secondary N) is 1. The molecule has 0 atom stereocenters. The molecule has 6 nitrogen and oxygen atoms in total. The van der Waals surface area contributed by atoms with Gasteiger partial charge in [-0.3, -0.25) is 14.5 Å². The second-order valence-electron chi connectivity index (χ2n) is 6.83. The SMILES string of the molecule is C=CCN(C(=O)c1sc(NC(=O)c2ccco2)cc1C)c1nc2c(s1)CCCC2. The Morgan fingerprint density at radius 2 is 2.17 bits per heavy atom. The molecule has 3 heterocycles. The molecule has 29 heavy (non-hydrogen) atoms. The number of hydrogen-bond acceptors (Lipinski definition) is 6. The predicted octanol–water partition coefficient (Wildman–Crippen LogP) is 5.07. The summed E-state index contributed by atoms with van der Waals surface area (Å²) in [6.07, 6.45) is 7.49. The van der Waals surface area contributed by atoms with E-state index in [2.05, 4.69) is 11.9 Å². The minimum absolute atomic E-state index is 0.128. The van der Waals surface area contributed by atoms with Crippen molar-refractivity contribution in [2.45, 2.75) is 32.6 Å². The average molecular weight is 428 g/mol. The van der Waals surface area contributed by atoms with E-state index in [0.717, 1.165) is 35.7 Å². The molecule has 0 aliphatic heterocycles. The molecule has 1 aliphatic carbocycles. The zero-order valence-electron chi connectivity index (χ0n) is 16.1. The van der Waals surface area contributed by atoms with Gasteiger partial charge in [-0.2, -0.15) is 0 Å². The zero-order chi connectivity index (χ0) is 20.4. The van der Waals surface area contributed by atoms with Crippen LogP contribution in [0.15, 0.2) is 41.5 Å². The quantitative estimate of drug-likeness (QED) is 0.557. The fourth-order valence-electron chi connectivity index (χ4n) is 3.29. The Hall–Kier alpha value is -2.71. The number of thiophene rings is 1. The molecule has 8 heteroatoms. The molecule has 0 saturated heterocycles. The van der Waals surface area contributed by atoms with E-state index >= 15 is 0 Å². The molecular formula is C21H21N3O3S2. The van der Waals surface area contributed by atoms with Crippen molar-refractivity contribution >= 4 is 44.6 Å². The predicted molar refractivity (Wildman–Crippen MR) is 116 cm³/mol. The first-order valence-electron chi connectivity index (χ1n) is 9.43. The van der Waals surface area contributed by atoms with Gasteiger partial charge in [-0.25, -0.2) is 4.98 Å². The summed E-state index contributed by atoms with van der Waals surface area (Å²) in [5, 5.41) is 4.11. The first kappa shape index (κ1) is 19.6. The molecule has 0 saturated carbocycles. The number of carbonyl (C=O) groups excluding carboxylic acids is 2. The van der Waals surface area contributed by atoms with E-state index in [4.69, 9.17) is 9.40 Å². The fourth-order valence-corrected chi connectivity index (χ4v) is 5.46. The maximum Gasteiger partial charge on any atom is 0.291 e. The lowest BCUT2D eigenvalue weighted by Gasteiger charge is -2.17. The molecule has 1 aliphatic rings. The lowest BCUT2D eigenvalue weighted by molar-refractivity contribution is 0.0986. The van der Waals surface area contributed by atoms with Gasteiger partial charge in [0.2, 0.25) is 0 Å². The van der Waals surface area contributed by atoms with Crippen molar-refractivity contribution in [3.8, 4) is 0 Å². The number of carbonyl (C=O) groups is 2. The Labute approximate surface area is 176 Å². The van der Waals surface area contributed by atoms with Crippen LogP contribution in [0.1, 0.15) is 49.2 Å². The number of anilines is 2. The highest BCUT2D eigenvalue weighted by Gasteiger charge is 2.26. The molecule has 0 spiro atoms. The number of nitrogens with zero attached hydrogens (tertiary/aromatic N) is 2. The van der Waals surface area contributed by atoms with Gasteiger partial charge in [0.05, 0.1) is 21.8 Å². The van der Waals surface area contributed by atoms with Gasteiger partial charge in [-0.05, 0) is 56.4 Å². The number of hydrogen-bond donors (Lipinski definition) is 1. The van der Waals surface area contributed by atoms with Crippen LogP contribution in [-0.2, 0) is 12.8 Å². The highest BCUT2D eigenvalue weighted by Crippen LogP contribution is 2.34. The van der Waals surface area contributed by atoms with E-state index in [9.17, 15) is 9.59 Å². The third-order valence-corrected chi connectivity index (χ3v) is 7.04. The van der Waals surface area contributed by atoms with Crippen molar-refractivity contribution in [1.82, 2.24) is 4.98 Å². The number of aromatic nitrogens is 1. The normalized spacial score (nSPS) is 13.0. The third kappa shape index (κ3) is 4.04. The van der Waals surface area contributed by atoms with E-state index in [1.54, 1.807) is 40.5 Å². The highest BCUT2D eigenvalue weighted by molar-refractivity contribution is 7.19. The first-order valence-corrected chi connectivity index (χ1v) is 11.1.